The lowest BCUT2D eigenvalue weighted by molar-refractivity contribution is -0.0633. The highest BCUT2D eigenvalue weighted by Gasteiger charge is 2.40. The van der Waals surface area contributed by atoms with E-state index in [9.17, 15) is 14.7 Å². The van der Waals surface area contributed by atoms with E-state index in [4.69, 9.17) is 4.74 Å². The highest BCUT2D eigenvalue weighted by atomic mass is 16.5. The third kappa shape index (κ3) is 2.52. The van der Waals surface area contributed by atoms with Gasteiger partial charge in [0.25, 0.3) is 5.56 Å². The normalized spacial score (nSPS) is 26.9. The molecule has 1 aliphatic heterocycles. The lowest BCUT2D eigenvalue weighted by Gasteiger charge is -2.20. The van der Waals surface area contributed by atoms with Crippen LogP contribution in [0.4, 0.5) is 0 Å². The minimum Gasteiger partial charge on any atom is -0.391 e. The number of aromatic nitrogens is 5. The largest absolute Gasteiger partial charge is 0.391 e. The van der Waals surface area contributed by atoms with E-state index in [0.29, 0.717) is 6.42 Å². The number of nitrogens with one attached hydrogen (secondary N) is 1. The van der Waals surface area contributed by atoms with Crippen LogP contribution in [-0.2, 0) is 4.74 Å². The molecule has 21 heavy (non-hydrogen) atoms. The van der Waals surface area contributed by atoms with Crippen molar-refractivity contribution in [3.8, 4) is 0 Å². The standard InChI is InChI=1S/C12H15N5O4/c1-7(18)11-8(17-6-13-5-14-17)4-10(21-11)16-3-2-9(19)15-12(16)20/h2-3,5-8,10-11,18H,4H2,1H3,(H,15,19,20). The molecule has 9 heteroatoms. The van der Waals surface area contributed by atoms with Crippen molar-refractivity contribution in [1.82, 2.24) is 24.3 Å². The molecule has 4 atom stereocenters. The summed E-state index contributed by atoms with van der Waals surface area (Å²) in [5, 5.41) is 13.9. The zero-order valence-electron chi connectivity index (χ0n) is 11.3. The van der Waals surface area contributed by atoms with Gasteiger partial charge in [-0.25, -0.2) is 14.5 Å². The Hall–Kier alpha value is -2.26. The van der Waals surface area contributed by atoms with Crippen LogP contribution in [0.25, 0.3) is 0 Å². The Bertz CT molecular complexity index is 720. The Morgan fingerprint density at radius 3 is 2.95 bits per heavy atom. The summed E-state index contributed by atoms with van der Waals surface area (Å²) in [6.07, 6.45) is 2.93. The Labute approximate surface area is 118 Å². The SMILES string of the molecule is CC(O)C1OC(n2ccc(=O)[nH]c2=O)CC1n1cncn1. The number of hydrogen-bond donors (Lipinski definition) is 2. The number of aromatic amines is 1. The van der Waals surface area contributed by atoms with Gasteiger partial charge in [0, 0.05) is 18.7 Å². The Morgan fingerprint density at radius 1 is 1.52 bits per heavy atom. The number of nitrogens with zero attached hydrogens (tertiary/aromatic N) is 4. The number of ether oxygens (including phenoxy) is 1. The summed E-state index contributed by atoms with van der Waals surface area (Å²) in [7, 11) is 0. The van der Waals surface area contributed by atoms with Crippen LogP contribution in [0.1, 0.15) is 25.6 Å². The maximum atomic E-state index is 11.8. The Kier molecular flexibility index (Phi) is 3.43. The fourth-order valence-electron chi connectivity index (χ4n) is 2.58. The topological polar surface area (TPSA) is 115 Å². The first-order valence-electron chi connectivity index (χ1n) is 6.55. The van der Waals surface area contributed by atoms with Crippen molar-refractivity contribution in [3.63, 3.8) is 0 Å². The molecule has 9 nitrogen and oxygen atoms in total. The van der Waals surface area contributed by atoms with Gasteiger partial charge in [0.05, 0.1) is 12.1 Å². The van der Waals surface area contributed by atoms with E-state index in [1.165, 1.54) is 23.2 Å². The van der Waals surface area contributed by atoms with Crippen LogP contribution in [0.15, 0.2) is 34.5 Å². The van der Waals surface area contributed by atoms with E-state index in [1.54, 1.807) is 17.9 Å². The van der Waals surface area contributed by atoms with Crippen molar-refractivity contribution >= 4 is 0 Å². The Balaban J connectivity index is 1.93. The number of aliphatic hydroxyl groups is 1. The second-order valence-corrected chi connectivity index (χ2v) is 4.99. The van der Waals surface area contributed by atoms with Gasteiger partial charge in [-0.15, -0.1) is 0 Å². The summed E-state index contributed by atoms with van der Waals surface area (Å²) in [5.41, 5.74) is -1.01. The van der Waals surface area contributed by atoms with Crippen LogP contribution < -0.4 is 11.2 Å². The maximum Gasteiger partial charge on any atom is 0.330 e. The first-order chi connectivity index (χ1) is 10.1. The zero-order valence-corrected chi connectivity index (χ0v) is 11.3. The molecule has 4 unspecified atom stereocenters. The van der Waals surface area contributed by atoms with E-state index in [-0.39, 0.29) is 6.04 Å². The van der Waals surface area contributed by atoms with Crippen molar-refractivity contribution in [2.24, 2.45) is 0 Å². The first kappa shape index (κ1) is 13.7. The number of H-pyrrole nitrogens is 1. The molecule has 0 amide bonds. The van der Waals surface area contributed by atoms with Gasteiger partial charge in [0.1, 0.15) is 25.0 Å². The predicted octanol–water partition coefficient (Wildman–Crippen LogP) is -0.962. The van der Waals surface area contributed by atoms with E-state index >= 15 is 0 Å². The minimum absolute atomic E-state index is 0.240. The highest BCUT2D eigenvalue weighted by Crippen LogP contribution is 2.36. The minimum atomic E-state index is -0.734. The number of hydrogen-bond acceptors (Lipinski definition) is 6. The molecular formula is C12H15N5O4. The summed E-state index contributed by atoms with van der Waals surface area (Å²) < 4.78 is 8.67. The second kappa shape index (κ2) is 5.26. The fraction of sp³-hybridized carbons (Fsp3) is 0.500. The van der Waals surface area contributed by atoms with Crippen LogP contribution >= 0.6 is 0 Å². The summed E-state index contributed by atoms with van der Waals surface area (Å²) in [4.78, 5) is 29.0. The van der Waals surface area contributed by atoms with Crippen molar-refractivity contribution in [1.29, 1.82) is 0 Å². The van der Waals surface area contributed by atoms with Crippen molar-refractivity contribution in [3.05, 3.63) is 45.8 Å². The van der Waals surface area contributed by atoms with Crippen LogP contribution in [-0.4, -0.2) is 41.6 Å². The summed E-state index contributed by atoms with van der Waals surface area (Å²) in [6.45, 7) is 1.62. The number of rotatable bonds is 3. The molecule has 2 aromatic rings. The van der Waals surface area contributed by atoms with E-state index in [2.05, 4.69) is 15.1 Å². The van der Waals surface area contributed by atoms with E-state index in [1.807, 2.05) is 0 Å². The average molecular weight is 293 g/mol. The molecule has 0 bridgehead atoms. The number of aliphatic hydroxyl groups excluding tert-OH is 1. The molecule has 2 aromatic heterocycles. The van der Waals surface area contributed by atoms with Gasteiger partial charge in [-0.3, -0.25) is 14.3 Å². The first-order valence-corrected chi connectivity index (χ1v) is 6.55. The molecule has 0 aliphatic carbocycles. The van der Waals surface area contributed by atoms with Gasteiger partial charge in [0.15, 0.2) is 0 Å². The molecule has 112 valence electrons. The van der Waals surface area contributed by atoms with Crippen LogP contribution in [0.5, 0.6) is 0 Å². The molecule has 0 radical (unpaired) electrons. The van der Waals surface area contributed by atoms with Crippen molar-refractivity contribution in [2.75, 3.05) is 0 Å². The van der Waals surface area contributed by atoms with Crippen molar-refractivity contribution in [2.45, 2.75) is 37.8 Å². The summed E-state index contributed by atoms with van der Waals surface area (Å²) >= 11 is 0. The molecule has 0 spiro atoms. The molecule has 0 saturated carbocycles. The third-order valence-electron chi connectivity index (χ3n) is 3.55. The average Bonchev–Trinajstić information content (AvgIpc) is 3.07. The van der Waals surface area contributed by atoms with Gasteiger partial charge >= 0.3 is 5.69 Å². The molecule has 3 heterocycles. The van der Waals surface area contributed by atoms with Gasteiger partial charge in [-0.2, -0.15) is 5.10 Å². The molecular weight excluding hydrogens is 278 g/mol. The zero-order chi connectivity index (χ0) is 15.0. The Morgan fingerprint density at radius 2 is 2.33 bits per heavy atom. The summed E-state index contributed by atoms with van der Waals surface area (Å²) in [6, 6.07) is 1.02. The second-order valence-electron chi connectivity index (χ2n) is 4.99. The van der Waals surface area contributed by atoms with Crippen LogP contribution in [0, 0.1) is 0 Å². The third-order valence-corrected chi connectivity index (χ3v) is 3.55. The van der Waals surface area contributed by atoms with E-state index < -0.39 is 29.7 Å². The smallest absolute Gasteiger partial charge is 0.330 e. The van der Waals surface area contributed by atoms with E-state index in [0.717, 1.165) is 0 Å². The molecule has 0 aromatic carbocycles. The monoisotopic (exact) mass is 293 g/mol. The maximum absolute atomic E-state index is 11.8. The predicted molar refractivity (Wildman–Crippen MR) is 70.6 cm³/mol. The lowest BCUT2D eigenvalue weighted by Crippen LogP contribution is -2.33. The molecule has 2 N–H and O–H groups in total. The fourth-order valence-corrected chi connectivity index (χ4v) is 2.58. The molecule has 1 fully saturated rings. The van der Waals surface area contributed by atoms with Crippen LogP contribution in [0.3, 0.4) is 0 Å². The quantitative estimate of drug-likeness (QED) is 0.753. The highest BCUT2D eigenvalue weighted by molar-refractivity contribution is 4.91. The summed E-state index contributed by atoms with van der Waals surface area (Å²) in [5.74, 6) is 0. The van der Waals surface area contributed by atoms with Gasteiger partial charge in [0.2, 0.25) is 0 Å². The van der Waals surface area contributed by atoms with Gasteiger partial charge in [-0.1, -0.05) is 0 Å². The van der Waals surface area contributed by atoms with Gasteiger partial charge in [-0.05, 0) is 6.92 Å². The lowest BCUT2D eigenvalue weighted by atomic mass is 10.1. The molecule has 1 aliphatic rings. The molecule has 3 rings (SSSR count). The van der Waals surface area contributed by atoms with Gasteiger partial charge < -0.3 is 9.84 Å². The van der Waals surface area contributed by atoms with Crippen LogP contribution in [0.2, 0.25) is 0 Å². The van der Waals surface area contributed by atoms with Crippen molar-refractivity contribution < 1.29 is 9.84 Å². The molecule has 1 saturated heterocycles.